The molecule has 0 aromatic heterocycles. The number of carbonyl (C=O) groups is 2. The summed E-state index contributed by atoms with van der Waals surface area (Å²) in [6, 6.07) is 5.00. The molecule has 94 valence electrons. The number of hydrogen-bond donors (Lipinski definition) is 1. The molecule has 1 N–H and O–H groups in total. The third kappa shape index (κ3) is 2.01. The number of carboxylic acids is 1. The topological polar surface area (TPSA) is 57.6 Å². The lowest BCUT2D eigenvalue weighted by Crippen LogP contribution is -2.25. The van der Waals surface area contributed by atoms with Crippen molar-refractivity contribution in [1.82, 2.24) is 0 Å². The molecule has 1 aromatic carbocycles. The van der Waals surface area contributed by atoms with Crippen LogP contribution in [-0.2, 0) is 4.79 Å². The van der Waals surface area contributed by atoms with Crippen molar-refractivity contribution in [3.63, 3.8) is 0 Å². The molecule has 0 radical (unpaired) electrons. The summed E-state index contributed by atoms with van der Waals surface area (Å²) in [6.07, 6.45) is 2.22. The van der Waals surface area contributed by atoms with E-state index in [0.29, 0.717) is 24.2 Å². The molecule has 4 nitrogen and oxygen atoms in total. The number of benzene rings is 1. The minimum absolute atomic E-state index is 0.0190. The van der Waals surface area contributed by atoms with E-state index in [0.717, 1.165) is 0 Å². The van der Waals surface area contributed by atoms with Gasteiger partial charge in [0.15, 0.2) is 0 Å². The van der Waals surface area contributed by atoms with Crippen LogP contribution in [0.15, 0.2) is 30.9 Å². The molecule has 2 rings (SSSR count). The van der Waals surface area contributed by atoms with Gasteiger partial charge in [-0.2, -0.15) is 0 Å². The SMILES string of the molecule is C=CC1CC(=O)N(c2cccc(C(=O)O)c2C)C1. The molecule has 0 aliphatic carbocycles. The largest absolute Gasteiger partial charge is 0.478 e. The molecule has 0 bridgehead atoms. The van der Waals surface area contributed by atoms with Gasteiger partial charge in [-0.1, -0.05) is 12.1 Å². The van der Waals surface area contributed by atoms with Gasteiger partial charge in [-0.05, 0) is 24.6 Å². The Hall–Kier alpha value is -2.10. The first-order valence-corrected chi connectivity index (χ1v) is 5.80. The Labute approximate surface area is 106 Å². The monoisotopic (exact) mass is 245 g/mol. The summed E-state index contributed by atoms with van der Waals surface area (Å²) in [5.41, 5.74) is 1.55. The molecule has 1 fully saturated rings. The van der Waals surface area contributed by atoms with Crippen LogP contribution in [0, 0.1) is 12.8 Å². The molecule has 1 saturated heterocycles. The predicted molar refractivity (Wildman–Crippen MR) is 68.8 cm³/mol. The van der Waals surface area contributed by atoms with E-state index < -0.39 is 5.97 Å². The lowest BCUT2D eigenvalue weighted by atomic mass is 10.1. The van der Waals surface area contributed by atoms with Crippen LogP contribution in [0.2, 0.25) is 0 Å². The van der Waals surface area contributed by atoms with Gasteiger partial charge in [0.25, 0.3) is 0 Å². The van der Waals surface area contributed by atoms with E-state index in [4.69, 9.17) is 5.11 Å². The molecule has 1 amide bonds. The summed E-state index contributed by atoms with van der Waals surface area (Å²) < 4.78 is 0. The Balaban J connectivity index is 2.40. The first-order valence-electron chi connectivity index (χ1n) is 5.80. The van der Waals surface area contributed by atoms with Crippen LogP contribution in [-0.4, -0.2) is 23.5 Å². The quantitative estimate of drug-likeness (QED) is 0.831. The van der Waals surface area contributed by atoms with Gasteiger partial charge < -0.3 is 10.0 Å². The van der Waals surface area contributed by atoms with Crippen molar-refractivity contribution in [2.75, 3.05) is 11.4 Å². The van der Waals surface area contributed by atoms with Gasteiger partial charge in [-0.25, -0.2) is 4.79 Å². The zero-order chi connectivity index (χ0) is 13.3. The molecule has 1 aliphatic heterocycles. The average molecular weight is 245 g/mol. The van der Waals surface area contributed by atoms with Crippen LogP contribution in [0.25, 0.3) is 0 Å². The van der Waals surface area contributed by atoms with E-state index in [1.54, 1.807) is 36.1 Å². The van der Waals surface area contributed by atoms with E-state index in [1.807, 2.05) is 0 Å². The van der Waals surface area contributed by atoms with E-state index in [9.17, 15) is 9.59 Å². The van der Waals surface area contributed by atoms with Crippen molar-refractivity contribution in [2.45, 2.75) is 13.3 Å². The Morgan fingerprint density at radius 2 is 2.28 bits per heavy atom. The summed E-state index contributed by atoms with van der Waals surface area (Å²) in [4.78, 5) is 24.6. The molecular weight excluding hydrogens is 230 g/mol. The van der Waals surface area contributed by atoms with Crippen LogP contribution in [0.3, 0.4) is 0 Å². The smallest absolute Gasteiger partial charge is 0.336 e. The van der Waals surface area contributed by atoms with Gasteiger partial charge in [0.1, 0.15) is 0 Å². The maximum absolute atomic E-state index is 11.9. The molecule has 4 heteroatoms. The van der Waals surface area contributed by atoms with Crippen LogP contribution in [0.5, 0.6) is 0 Å². The summed E-state index contributed by atoms with van der Waals surface area (Å²) in [6.45, 7) is 6.01. The lowest BCUT2D eigenvalue weighted by molar-refractivity contribution is -0.117. The van der Waals surface area contributed by atoms with Crippen LogP contribution in [0.1, 0.15) is 22.3 Å². The second-order valence-corrected chi connectivity index (χ2v) is 4.46. The Bertz CT molecular complexity index is 522. The predicted octanol–water partition coefficient (Wildman–Crippen LogP) is 2.23. The van der Waals surface area contributed by atoms with Gasteiger partial charge in [-0.15, -0.1) is 6.58 Å². The molecule has 1 aliphatic rings. The molecule has 0 spiro atoms. The van der Waals surface area contributed by atoms with Crippen molar-refractivity contribution in [3.8, 4) is 0 Å². The van der Waals surface area contributed by atoms with Gasteiger partial charge in [0, 0.05) is 24.6 Å². The van der Waals surface area contributed by atoms with Crippen molar-refractivity contribution >= 4 is 17.6 Å². The Morgan fingerprint density at radius 3 is 2.83 bits per heavy atom. The minimum atomic E-state index is -0.971. The van der Waals surface area contributed by atoms with Crippen molar-refractivity contribution in [2.24, 2.45) is 5.92 Å². The highest BCUT2D eigenvalue weighted by atomic mass is 16.4. The van der Waals surface area contributed by atoms with Crippen molar-refractivity contribution < 1.29 is 14.7 Å². The van der Waals surface area contributed by atoms with Gasteiger partial charge in [0.2, 0.25) is 5.91 Å². The second-order valence-electron chi connectivity index (χ2n) is 4.46. The molecule has 1 heterocycles. The number of carboxylic acid groups (broad SMARTS) is 1. The number of carbonyl (C=O) groups excluding carboxylic acids is 1. The number of nitrogens with zero attached hydrogens (tertiary/aromatic N) is 1. The minimum Gasteiger partial charge on any atom is -0.478 e. The molecule has 0 saturated carbocycles. The molecule has 1 unspecified atom stereocenters. The number of anilines is 1. The van der Waals surface area contributed by atoms with E-state index >= 15 is 0 Å². The first-order chi connectivity index (χ1) is 8.54. The Kier molecular flexibility index (Phi) is 3.19. The van der Waals surface area contributed by atoms with E-state index in [2.05, 4.69) is 6.58 Å². The highest BCUT2D eigenvalue weighted by molar-refractivity contribution is 5.99. The fourth-order valence-electron chi connectivity index (χ4n) is 2.27. The standard InChI is InChI=1S/C14H15NO3/c1-3-10-7-13(16)15(8-10)12-6-4-5-11(9(12)2)14(17)18/h3-6,10H,1,7-8H2,2H3,(H,17,18). The number of aromatic carboxylic acids is 1. The molecular formula is C14H15NO3. The zero-order valence-electron chi connectivity index (χ0n) is 10.2. The highest BCUT2D eigenvalue weighted by Gasteiger charge is 2.30. The van der Waals surface area contributed by atoms with Crippen LogP contribution < -0.4 is 4.90 Å². The summed E-state index contributed by atoms with van der Waals surface area (Å²) in [5, 5.41) is 9.08. The highest BCUT2D eigenvalue weighted by Crippen LogP contribution is 2.29. The summed E-state index contributed by atoms with van der Waals surface area (Å²) in [7, 11) is 0. The molecule has 1 aromatic rings. The second kappa shape index (κ2) is 4.64. The molecule has 1 atom stereocenters. The average Bonchev–Trinajstić information content (AvgIpc) is 2.70. The van der Waals surface area contributed by atoms with Crippen LogP contribution >= 0.6 is 0 Å². The third-order valence-corrected chi connectivity index (χ3v) is 3.31. The normalized spacial score (nSPS) is 19.1. The number of rotatable bonds is 3. The maximum Gasteiger partial charge on any atom is 0.336 e. The van der Waals surface area contributed by atoms with Gasteiger partial charge >= 0.3 is 5.97 Å². The van der Waals surface area contributed by atoms with Gasteiger partial charge in [0.05, 0.1) is 5.56 Å². The van der Waals surface area contributed by atoms with Crippen molar-refractivity contribution in [3.05, 3.63) is 42.0 Å². The number of amides is 1. The lowest BCUT2D eigenvalue weighted by Gasteiger charge is -2.19. The Morgan fingerprint density at radius 1 is 1.56 bits per heavy atom. The number of hydrogen-bond acceptors (Lipinski definition) is 2. The first kappa shape index (κ1) is 12.4. The van der Waals surface area contributed by atoms with E-state index in [1.165, 1.54) is 0 Å². The fraction of sp³-hybridized carbons (Fsp3) is 0.286. The fourth-order valence-corrected chi connectivity index (χ4v) is 2.27. The van der Waals surface area contributed by atoms with Crippen molar-refractivity contribution in [1.29, 1.82) is 0 Å². The molecule has 18 heavy (non-hydrogen) atoms. The van der Waals surface area contributed by atoms with Gasteiger partial charge in [-0.3, -0.25) is 4.79 Å². The zero-order valence-corrected chi connectivity index (χ0v) is 10.2. The maximum atomic E-state index is 11.9. The summed E-state index contributed by atoms with van der Waals surface area (Å²) >= 11 is 0. The van der Waals surface area contributed by atoms with Crippen LogP contribution in [0.4, 0.5) is 5.69 Å². The third-order valence-electron chi connectivity index (χ3n) is 3.31. The van der Waals surface area contributed by atoms with E-state index in [-0.39, 0.29) is 17.4 Å². The summed E-state index contributed by atoms with van der Waals surface area (Å²) in [5.74, 6) is -0.808.